The van der Waals surface area contributed by atoms with Crippen molar-refractivity contribution in [1.29, 1.82) is 0 Å². The summed E-state index contributed by atoms with van der Waals surface area (Å²) in [6.45, 7) is 4.69. The first-order valence-corrected chi connectivity index (χ1v) is 9.43. The van der Waals surface area contributed by atoms with E-state index >= 15 is 0 Å². The molecule has 0 aliphatic carbocycles. The average Bonchev–Trinajstić information content (AvgIpc) is 3.21. The topological polar surface area (TPSA) is 32.3 Å². The fourth-order valence-corrected chi connectivity index (χ4v) is 4.57. The Balaban J connectivity index is 1.53. The number of nitrogens with zero attached hydrogens (tertiary/aromatic N) is 1. The third-order valence-corrected chi connectivity index (χ3v) is 5.94. The molecule has 3 atom stereocenters. The molecule has 0 spiro atoms. The van der Waals surface area contributed by atoms with E-state index in [0.717, 1.165) is 31.6 Å². The van der Waals surface area contributed by atoms with Gasteiger partial charge in [-0.3, -0.25) is 4.79 Å². The second-order valence-corrected chi connectivity index (χ2v) is 7.55. The van der Waals surface area contributed by atoms with Crippen LogP contribution < -0.4 is 5.32 Å². The highest BCUT2D eigenvalue weighted by molar-refractivity contribution is 5.77. The molecule has 2 aromatic carbocycles. The van der Waals surface area contributed by atoms with Gasteiger partial charge in [-0.1, -0.05) is 36.4 Å². The van der Waals surface area contributed by atoms with Crippen molar-refractivity contribution in [1.82, 2.24) is 10.2 Å². The molecule has 2 aliphatic rings. The first-order chi connectivity index (χ1) is 12.6. The van der Waals surface area contributed by atoms with Gasteiger partial charge >= 0.3 is 0 Å². The van der Waals surface area contributed by atoms with Crippen molar-refractivity contribution < 1.29 is 9.18 Å². The maximum atomic E-state index is 13.8. The highest BCUT2D eigenvalue weighted by Gasteiger charge is 2.46. The number of fused-ring (bicyclic) bond motifs is 1. The number of benzene rings is 2. The number of carbonyl (C=O) groups is 1. The van der Waals surface area contributed by atoms with Gasteiger partial charge in [0, 0.05) is 32.0 Å². The van der Waals surface area contributed by atoms with Crippen LogP contribution in [0.25, 0.3) is 0 Å². The van der Waals surface area contributed by atoms with Gasteiger partial charge < -0.3 is 10.2 Å². The van der Waals surface area contributed by atoms with Gasteiger partial charge in [-0.15, -0.1) is 0 Å². The third-order valence-electron chi connectivity index (χ3n) is 5.94. The first-order valence-electron chi connectivity index (χ1n) is 9.43. The molecule has 2 heterocycles. The number of halogens is 1. The largest absolute Gasteiger partial charge is 0.335 e. The Morgan fingerprint density at radius 1 is 1.19 bits per heavy atom. The molecule has 2 aromatic rings. The Bertz CT molecular complexity index is 806. The van der Waals surface area contributed by atoms with Crippen molar-refractivity contribution in [2.45, 2.75) is 25.8 Å². The Hall–Kier alpha value is -2.20. The summed E-state index contributed by atoms with van der Waals surface area (Å²) < 4.78 is 13.8. The minimum atomic E-state index is -0.232. The number of aryl methyl sites for hydroxylation is 2. The van der Waals surface area contributed by atoms with Crippen molar-refractivity contribution >= 4 is 5.91 Å². The lowest BCUT2D eigenvalue weighted by Gasteiger charge is -2.28. The summed E-state index contributed by atoms with van der Waals surface area (Å²) in [7, 11) is 0. The predicted molar refractivity (Wildman–Crippen MR) is 100 cm³/mol. The molecular weight excluding hydrogens is 327 g/mol. The Morgan fingerprint density at radius 2 is 2.04 bits per heavy atom. The Labute approximate surface area is 154 Å². The number of hydrogen-bond acceptors (Lipinski definition) is 2. The molecule has 0 bridgehead atoms. The second kappa shape index (κ2) is 7.20. The lowest BCUT2D eigenvalue weighted by molar-refractivity contribution is -0.132. The van der Waals surface area contributed by atoms with E-state index in [1.807, 2.05) is 23.1 Å². The van der Waals surface area contributed by atoms with Gasteiger partial charge in [-0.2, -0.15) is 0 Å². The summed E-state index contributed by atoms with van der Waals surface area (Å²) in [5.74, 6) is 0.783. The molecule has 2 aliphatic heterocycles. The first kappa shape index (κ1) is 17.2. The number of carbonyl (C=O) groups excluding carboxylic acids is 1. The van der Waals surface area contributed by atoms with Crippen molar-refractivity contribution in [3.05, 3.63) is 71.0 Å². The van der Waals surface area contributed by atoms with Crippen LogP contribution in [0, 0.1) is 24.6 Å². The molecule has 136 valence electrons. The SMILES string of the molecule is Cc1ccccc1CCC(=O)N1C[C@@H]2CNC[C@@H]2[C@H]1c1cccc(F)c1. The van der Waals surface area contributed by atoms with Gasteiger partial charge in [-0.25, -0.2) is 4.39 Å². The molecule has 0 aromatic heterocycles. The van der Waals surface area contributed by atoms with E-state index in [-0.39, 0.29) is 17.8 Å². The fourth-order valence-electron chi connectivity index (χ4n) is 4.57. The maximum Gasteiger partial charge on any atom is 0.223 e. The normalized spacial score (nSPS) is 24.7. The second-order valence-electron chi connectivity index (χ2n) is 7.55. The molecule has 1 N–H and O–H groups in total. The van der Waals surface area contributed by atoms with Crippen LogP contribution in [0.2, 0.25) is 0 Å². The van der Waals surface area contributed by atoms with Crippen LogP contribution in [0.15, 0.2) is 48.5 Å². The molecule has 0 saturated carbocycles. The maximum absolute atomic E-state index is 13.8. The van der Waals surface area contributed by atoms with Crippen molar-refractivity contribution in [3.63, 3.8) is 0 Å². The van der Waals surface area contributed by atoms with Crippen LogP contribution in [0.1, 0.15) is 29.2 Å². The molecular formula is C22H25FN2O. The molecule has 4 heteroatoms. The molecule has 3 nitrogen and oxygen atoms in total. The Morgan fingerprint density at radius 3 is 2.85 bits per heavy atom. The van der Waals surface area contributed by atoms with Gasteiger partial charge in [0.15, 0.2) is 0 Å². The summed E-state index contributed by atoms with van der Waals surface area (Å²) in [6, 6.07) is 15.0. The van der Waals surface area contributed by atoms with E-state index in [9.17, 15) is 9.18 Å². The monoisotopic (exact) mass is 352 g/mol. The van der Waals surface area contributed by atoms with E-state index in [2.05, 4.69) is 24.4 Å². The van der Waals surface area contributed by atoms with Gasteiger partial charge in [-0.05, 0) is 48.1 Å². The summed E-state index contributed by atoms with van der Waals surface area (Å²) in [5, 5.41) is 3.43. The van der Waals surface area contributed by atoms with Gasteiger partial charge in [0.25, 0.3) is 0 Å². The zero-order valence-electron chi connectivity index (χ0n) is 15.1. The zero-order chi connectivity index (χ0) is 18.1. The molecule has 2 fully saturated rings. The average molecular weight is 352 g/mol. The van der Waals surface area contributed by atoms with Crippen LogP contribution >= 0.6 is 0 Å². The number of nitrogens with one attached hydrogen (secondary N) is 1. The minimum Gasteiger partial charge on any atom is -0.335 e. The molecule has 2 saturated heterocycles. The quantitative estimate of drug-likeness (QED) is 0.914. The van der Waals surface area contributed by atoms with Crippen LogP contribution in [0.4, 0.5) is 4.39 Å². The molecule has 1 amide bonds. The predicted octanol–water partition coefficient (Wildman–Crippen LogP) is 3.49. The highest BCUT2D eigenvalue weighted by atomic mass is 19.1. The number of likely N-dealkylation sites (tertiary alicyclic amines) is 1. The number of rotatable bonds is 4. The standard InChI is InChI=1S/C22H25FN2O/c1-15-5-2-3-6-16(15)9-10-21(26)25-14-18-12-24-13-20(18)22(25)17-7-4-8-19(23)11-17/h2-8,11,18,20,22,24H,9-10,12-14H2,1H3/t18-,20-,22+/m0/s1. The summed E-state index contributed by atoms with van der Waals surface area (Å²) in [6.07, 6.45) is 1.26. The van der Waals surface area contributed by atoms with Crippen molar-refractivity contribution in [2.24, 2.45) is 11.8 Å². The van der Waals surface area contributed by atoms with E-state index in [1.54, 1.807) is 12.1 Å². The Kier molecular flexibility index (Phi) is 4.77. The third kappa shape index (κ3) is 3.26. The van der Waals surface area contributed by atoms with Crippen LogP contribution in [0.3, 0.4) is 0 Å². The smallest absolute Gasteiger partial charge is 0.223 e. The van der Waals surface area contributed by atoms with E-state index in [4.69, 9.17) is 0 Å². The summed E-state index contributed by atoms with van der Waals surface area (Å²) in [5.41, 5.74) is 3.37. The number of amides is 1. The van der Waals surface area contributed by atoms with Crippen LogP contribution in [-0.2, 0) is 11.2 Å². The van der Waals surface area contributed by atoms with Crippen molar-refractivity contribution in [3.8, 4) is 0 Å². The molecule has 4 rings (SSSR count). The van der Waals surface area contributed by atoms with Crippen LogP contribution in [-0.4, -0.2) is 30.4 Å². The minimum absolute atomic E-state index is 0.0185. The van der Waals surface area contributed by atoms with E-state index in [1.165, 1.54) is 17.2 Å². The molecule has 0 radical (unpaired) electrons. The lowest BCUT2D eigenvalue weighted by atomic mass is 9.89. The van der Waals surface area contributed by atoms with E-state index in [0.29, 0.717) is 18.3 Å². The summed E-state index contributed by atoms with van der Waals surface area (Å²) >= 11 is 0. The van der Waals surface area contributed by atoms with Gasteiger partial charge in [0.1, 0.15) is 5.82 Å². The number of hydrogen-bond donors (Lipinski definition) is 1. The van der Waals surface area contributed by atoms with Gasteiger partial charge in [0.05, 0.1) is 6.04 Å². The fraction of sp³-hybridized carbons (Fsp3) is 0.409. The van der Waals surface area contributed by atoms with E-state index < -0.39 is 0 Å². The van der Waals surface area contributed by atoms with Crippen LogP contribution in [0.5, 0.6) is 0 Å². The molecule has 26 heavy (non-hydrogen) atoms. The summed E-state index contributed by atoms with van der Waals surface area (Å²) in [4.78, 5) is 15.0. The molecule has 0 unspecified atom stereocenters. The lowest BCUT2D eigenvalue weighted by Crippen LogP contribution is -2.34. The zero-order valence-corrected chi connectivity index (χ0v) is 15.1. The van der Waals surface area contributed by atoms with Crippen molar-refractivity contribution in [2.75, 3.05) is 19.6 Å². The highest BCUT2D eigenvalue weighted by Crippen LogP contribution is 2.43. The van der Waals surface area contributed by atoms with Gasteiger partial charge in [0.2, 0.25) is 5.91 Å².